The van der Waals surface area contributed by atoms with Crippen molar-refractivity contribution in [3.05, 3.63) is 28.9 Å². The normalized spacial score (nSPS) is 16.8. The summed E-state index contributed by atoms with van der Waals surface area (Å²) in [5.41, 5.74) is 9.75. The molecule has 1 aliphatic rings. The molecule has 1 saturated heterocycles. The molecule has 12 heteroatoms. The van der Waals surface area contributed by atoms with Gasteiger partial charge in [-0.05, 0) is 43.9 Å². The second kappa shape index (κ2) is 6.14. The summed E-state index contributed by atoms with van der Waals surface area (Å²) in [5, 5.41) is 12.0. The Morgan fingerprint density at radius 2 is 1.89 bits per heavy atom. The van der Waals surface area contributed by atoms with Crippen molar-refractivity contribution in [2.24, 2.45) is 0 Å². The van der Waals surface area contributed by atoms with Crippen molar-refractivity contribution in [2.45, 2.75) is 0 Å². The lowest BCUT2D eigenvalue weighted by Gasteiger charge is -2.28. The Labute approximate surface area is 167 Å². The highest BCUT2D eigenvalue weighted by Gasteiger charge is 2.26. The van der Waals surface area contributed by atoms with Gasteiger partial charge in [0.05, 0.1) is 17.7 Å². The van der Waals surface area contributed by atoms with E-state index in [1.165, 1.54) is 0 Å². The van der Waals surface area contributed by atoms with Crippen LogP contribution in [-0.2, 0) is 9.84 Å². The van der Waals surface area contributed by atoms with Crippen LogP contribution in [-0.4, -0.2) is 57.9 Å². The molecule has 3 aromatic heterocycles. The highest BCUT2D eigenvalue weighted by atomic mass is 79.9. The van der Waals surface area contributed by atoms with E-state index in [0.29, 0.717) is 45.9 Å². The van der Waals surface area contributed by atoms with E-state index >= 15 is 0 Å². The molecule has 4 aromatic rings. The molecule has 0 spiro atoms. The van der Waals surface area contributed by atoms with E-state index in [1.807, 2.05) is 23.1 Å². The molecule has 28 heavy (non-hydrogen) atoms. The second-order valence-corrected chi connectivity index (χ2v) is 9.63. The third kappa shape index (κ3) is 2.71. The molecule has 4 heterocycles. The van der Waals surface area contributed by atoms with Gasteiger partial charge in [-0.25, -0.2) is 18.0 Å². The molecular formula is C16H14BrN7O3S. The molecule has 0 atom stereocenters. The first-order valence-corrected chi connectivity index (χ1v) is 11.1. The van der Waals surface area contributed by atoms with Gasteiger partial charge in [0.2, 0.25) is 0 Å². The van der Waals surface area contributed by atoms with Gasteiger partial charge in [0, 0.05) is 18.7 Å². The summed E-state index contributed by atoms with van der Waals surface area (Å²) in [7, 11) is -3.00. The highest BCUT2D eigenvalue weighted by Crippen LogP contribution is 2.35. The quantitative estimate of drug-likeness (QED) is 0.469. The van der Waals surface area contributed by atoms with Crippen LogP contribution >= 0.6 is 15.9 Å². The maximum atomic E-state index is 11.8. The Balaban J connectivity index is 1.65. The van der Waals surface area contributed by atoms with Crippen molar-refractivity contribution in [2.75, 3.05) is 35.2 Å². The summed E-state index contributed by atoms with van der Waals surface area (Å²) in [6.07, 6.45) is 1.68. The number of rotatable bonds is 2. The smallest absolute Gasteiger partial charge is 0.167 e. The number of aromatic nitrogens is 5. The lowest BCUT2D eigenvalue weighted by molar-refractivity contribution is 0.315. The number of fused-ring (bicyclic) bond motifs is 2. The minimum Gasteiger partial charge on any atom is -0.383 e. The number of nitrogens with zero attached hydrogens (tertiary/aromatic N) is 6. The second-order valence-electron chi connectivity index (χ2n) is 6.53. The summed E-state index contributed by atoms with van der Waals surface area (Å²) < 4.78 is 30.4. The van der Waals surface area contributed by atoms with Gasteiger partial charge in [-0.2, -0.15) is 9.61 Å². The Hall–Kier alpha value is -2.73. The van der Waals surface area contributed by atoms with Crippen LogP contribution in [0.2, 0.25) is 0 Å². The van der Waals surface area contributed by atoms with E-state index in [2.05, 4.69) is 31.3 Å². The van der Waals surface area contributed by atoms with Crippen molar-refractivity contribution in [1.82, 2.24) is 24.9 Å². The zero-order valence-corrected chi connectivity index (χ0v) is 16.8. The van der Waals surface area contributed by atoms with Crippen LogP contribution in [0.5, 0.6) is 0 Å². The molecule has 1 aliphatic heterocycles. The Morgan fingerprint density at radius 1 is 1.14 bits per heavy atom. The molecule has 0 bridgehead atoms. The molecule has 144 valence electrons. The molecule has 10 nitrogen and oxygen atoms in total. The van der Waals surface area contributed by atoms with E-state index in [9.17, 15) is 8.42 Å². The van der Waals surface area contributed by atoms with E-state index in [0.717, 1.165) is 11.1 Å². The molecule has 1 aromatic carbocycles. The van der Waals surface area contributed by atoms with Gasteiger partial charge < -0.3 is 10.6 Å². The molecule has 0 saturated carbocycles. The number of sulfone groups is 1. The van der Waals surface area contributed by atoms with Crippen molar-refractivity contribution in [3.63, 3.8) is 0 Å². The number of nitrogens with two attached hydrogens (primary N) is 1. The number of nitrogen functional groups attached to an aromatic ring is 1. The lowest BCUT2D eigenvalue weighted by Crippen LogP contribution is -2.41. The van der Waals surface area contributed by atoms with Crippen LogP contribution in [0.3, 0.4) is 0 Å². The minimum absolute atomic E-state index is 0.0914. The predicted octanol–water partition coefficient (Wildman–Crippen LogP) is 1.51. The Bertz CT molecular complexity index is 1320. The summed E-state index contributed by atoms with van der Waals surface area (Å²) >= 11 is 3.49. The summed E-state index contributed by atoms with van der Waals surface area (Å²) in [6.45, 7) is 0.729. The van der Waals surface area contributed by atoms with E-state index in [4.69, 9.17) is 15.3 Å². The van der Waals surface area contributed by atoms with Crippen LogP contribution < -0.4 is 10.6 Å². The van der Waals surface area contributed by atoms with Crippen molar-refractivity contribution in [3.8, 4) is 11.1 Å². The zero-order chi connectivity index (χ0) is 19.5. The average molecular weight is 464 g/mol. The molecule has 1 fully saturated rings. The van der Waals surface area contributed by atoms with Crippen LogP contribution in [0.15, 0.2) is 33.5 Å². The fourth-order valence-electron chi connectivity index (χ4n) is 3.27. The van der Waals surface area contributed by atoms with Gasteiger partial charge in [0.1, 0.15) is 27.1 Å². The first kappa shape index (κ1) is 17.4. The average Bonchev–Trinajstić information content (AvgIpc) is 3.31. The number of hydrogen-bond donors (Lipinski definition) is 1. The number of benzene rings is 1. The highest BCUT2D eigenvalue weighted by molar-refractivity contribution is 9.10. The topological polar surface area (TPSA) is 133 Å². The Morgan fingerprint density at radius 3 is 2.68 bits per heavy atom. The molecule has 0 aliphatic carbocycles. The maximum Gasteiger partial charge on any atom is 0.167 e. The van der Waals surface area contributed by atoms with E-state index in [-0.39, 0.29) is 11.5 Å². The number of hydrogen-bond acceptors (Lipinski definition) is 9. The SMILES string of the molecule is Nc1c(Br)c(N2CCS(=O)(=O)CC2)nc2c(-c3ccc4nonc4c3)cnn12. The van der Waals surface area contributed by atoms with Crippen molar-refractivity contribution < 1.29 is 13.0 Å². The van der Waals surface area contributed by atoms with Gasteiger partial charge in [0.15, 0.2) is 15.5 Å². The van der Waals surface area contributed by atoms with Crippen LogP contribution in [0.4, 0.5) is 11.6 Å². The Kier molecular flexibility index (Phi) is 3.81. The van der Waals surface area contributed by atoms with E-state index < -0.39 is 9.84 Å². The third-order valence-electron chi connectivity index (χ3n) is 4.81. The summed E-state index contributed by atoms with van der Waals surface area (Å²) in [4.78, 5) is 6.68. The standard InChI is InChI=1S/C16H14BrN7O3S/c17-13-14(18)24-15(20-16(13)23-3-5-28(25,26)6-4-23)10(8-19-24)9-1-2-11-12(7-9)22-27-21-11/h1-2,7-8H,3-6,18H2. The first-order valence-electron chi connectivity index (χ1n) is 8.44. The maximum absolute atomic E-state index is 11.8. The summed E-state index contributed by atoms with van der Waals surface area (Å²) in [5.74, 6) is 1.18. The van der Waals surface area contributed by atoms with Gasteiger partial charge in [-0.1, -0.05) is 6.07 Å². The lowest BCUT2D eigenvalue weighted by atomic mass is 10.1. The van der Waals surface area contributed by atoms with Crippen molar-refractivity contribution >= 4 is 54.1 Å². The molecule has 0 radical (unpaired) electrons. The molecule has 0 amide bonds. The van der Waals surface area contributed by atoms with Gasteiger partial charge in [0.25, 0.3) is 0 Å². The monoisotopic (exact) mass is 463 g/mol. The third-order valence-corrected chi connectivity index (χ3v) is 7.18. The fraction of sp³-hybridized carbons (Fsp3) is 0.250. The summed E-state index contributed by atoms with van der Waals surface area (Å²) in [6, 6.07) is 5.54. The van der Waals surface area contributed by atoms with Crippen molar-refractivity contribution in [1.29, 1.82) is 0 Å². The zero-order valence-electron chi connectivity index (χ0n) is 14.4. The predicted molar refractivity (Wildman–Crippen MR) is 107 cm³/mol. The molecular weight excluding hydrogens is 450 g/mol. The van der Waals surface area contributed by atoms with Gasteiger partial charge in [-0.15, -0.1) is 0 Å². The minimum atomic E-state index is -3.00. The molecule has 0 unspecified atom stereocenters. The fourth-order valence-corrected chi connectivity index (χ4v) is 4.98. The van der Waals surface area contributed by atoms with E-state index in [1.54, 1.807) is 10.7 Å². The molecule has 5 rings (SSSR count). The van der Waals surface area contributed by atoms with Crippen LogP contribution in [0, 0.1) is 0 Å². The number of halogens is 1. The first-order chi connectivity index (χ1) is 13.4. The number of anilines is 2. The van der Waals surface area contributed by atoms with Gasteiger partial charge >= 0.3 is 0 Å². The van der Waals surface area contributed by atoms with Gasteiger partial charge in [-0.3, -0.25) is 0 Å². The van der Waals surface area contributed by atoms with Crippen LogP contribution in [0.1, 0.15) is 0 Å². The molecule has 2 N–H and O–H groups in total. The van der Waals surface area contributed by atoms with Crippen LogP contribution in [0.25, 0.3) is 27.8 Å². The largest absolute Gasteiger partial charge is 0.383 e.